The first-order valence-electron chi connectivity index (χ1n) is 6.29. The second kappa shape index (κ2) is 5.79. The van der Waals surface area contributed by atoms with Gasteiger partial charge in [-0.2, -0.15) is 0 Å². The molecule has 0 radical (unpaired) electrons. The van der Waals surface area contributed by atoms with E-state index in [9.17, 15) is 0 Å². The van der Waals surface area contributed by atoms with Crippen molar-refractivity contribution in [3.8, 4) is 0 Å². The van der Waals surface area contributed by atoms with E-state index in [0.717, 1.165) is 0 Å². The number of nitrogens with one attached hydrogen (secondary N) is 1. The summed E-state index contributed by atoms with van der Waals surface area (Å²) in [6, 6.07) is 4.28. The predicted octanol–water partition coefficient (Wildman–Crippen LogP) is 4.53. The SMILES string of the molecule is C1=C(/c2ccc[nH]2)CCCCCCCC/1. The maximum Gasteiger partial charge on any atom is 0.0409 e. The summed E-state index contributed by atoms with van der Waals surface area (Å²) in [7, 11) is 0. The van der Waals surface area contributed by atoms with Crippen molar-refractivity contribution in [2.24, 2.45) is 0 Å². The van der Waals surface area contributed by atoms with Gasteiger partial charge >= 0.3 is 0 Å². The van der Waals surface area contributed by atoms with Crippen LogP contribution >= 0.6 is 0 Å². The van der Waals surface area contributed by atoms with Gasteiger partial charge in [0.05, 0.1) is 0 Å². The van der Waals surface area contributed by atoms with Crippen LogP contribution in [0.25, 0.3) is 5.57 Å². The van der Waals surface area contributed by atoms with Crippen LogP contribution in [0.5, 0.6) is 0 Å². The summed E-state index contributed by atoms with van der Waals surface area (Å²) in [5.74, 6) is 0. The molecule has 0 fully saturated rings. The smallest absolute Gasteiger partial charge is 0.0409 e. The maximum atomic E-state index is 3.32. The lowest BCUT2D eigenvalue weighted by Crippen LogP contribution is -1.89. The van der Waals surface area contributed by atoms with Crippen LogP contribution in [0.15, 0.2) is 24.4 Å². The number of rotatable bonds is 1. The maximum absolute atomic E-state index is 3.32. The summed E-state index contributed by atoms with van der Waals surface area (Å²) >= 11 is 0. The topological polar surface area (TPSA) is 15.8 Å². The Hall–Kier alpha value is -0.980. The summed E-state index contributed by atoms with van der Waals surface area (Å²) in [6.07, 6.45) is 15.4. The second-order valence-electron chi connectivity index (χ2n) is 4.47. The third-order valence-electron chi connectivity index (χ3n) is 3.23. The van der Waals surface area contributed by atoms with Crippen LogP contribution in [-0.2, 0) is 0 Å². The van der Waals surface area contributed by atoms with Gasteiger partial charge in [0.25, 0.3) is 0 Å². The first-order valence-corrected chi connectivity index (χ1v) is 6.29. The zero-order valence-corrected chi connectivity index (χ0v) is 9.47. The highest BCUT2D eigenvalue weighted by Gasteiger charge is 2.03. The zero-order chi connectivity index (χ0) is 10.3. The molecule has 1 aromatic rings. The summed E-state index contributed by atoms with van der Waals surface area (Å²) in [5.41, 5.74) is 2.86. The van der Waals surface area contributed by atoms with Crippen molar-refractivity contribution in [2.45, 2.75) is 51.4 Å². The number of aromatic amines is 1. The van der Waals surface area contributed by atoms with E-state index >= 15 is 0 Å². The lowest BCUT2D eigenvalue weighted by atomic mass is 9.98. The summed E-state index contributed by atoms with van der Waals surface area (Å²) in [5, 5.41) is 0. The van der Waals surface area contributed by atoms with E-state index in [1.165, 1.54) is 62.6 Å². The van der Waals surface area contributed by atoms with Crippen molar-refractivity contribution >= 4 is 5.57 Å². The van der Waals surface area contributed by atoms with Gasteiger partial charge in [0.2, 0.25) is 0 Å². The molecule has 1 heterocycles. The van der Waals surface area contributed by atoms with Gasteiger partial charge in [0, 0.05) is 11.9 Å². The van der Waals surface area contributed by atoms with Crippen LogP contribution in [0.4, 0.5) is 0 Å². The predicted molar refractivity (Wildman–Crippen MR) is 65.7 cm³/mol. The number of hydrogen-bond acceptors (Lipinski definition) is 0. The van der Waals surface area contributed by atoms with Gasteiger partial charge in [-0.05, 0) is 43.4 Å². The molecular formula is C14H21N. The summed E-state index contributed by atoms with van der Waals surface area (Å²) in [6.45, 7) is 0. The van der Waals surface area contributed by atoms with E-state index in [4.69, 9.17) is 0 Å². The van der Waals surface area contributed by atoms with E-state index < -0.39 is 0 Å². The van der Waals surface area contributed by atoms with Gasteiger partial charge < -0.3 is 4.98 Å². The van der Waals surface area contributed by atoms with Crippen LogP contribution < -0.4 is 0 Å². The fourth-order valence-electron chi connectivity index (χ4n) is 2.32. The lowest BCUT2D eigenvalue weighted by molar-refractivity contribution is 0.595. The third kappa shape index (κ3) is 3.26. The Morgan fingerprint density at radius 3 is 2.53 bits per heavy atom. The van der Waals surface area contributed by atoms with Crippen molar-refractivity contribution in [2.75, 3.05) is 0 Å². The highest BCUT2D eigenvalue weighted by Crippen LogP contribution is 2.23. The largest absolute Gasteiger partial charge is 0.361 e. The fraction of sp³-hybridized carbons (Fsp3) is 0.571. The molecule has 2 rings (SSSR count). The molecule has 0 saturated heterocycles. The lowest BCUT2D eigenvalue weighted by Gasteiger charge is -2.09. The van der Waals surface area contributed by atoms with Crippen molar-refractivity contribution in [3.63, 3.8) is 0 Å². The molecule has 0 aliphatic heterocycles. The molecule has 0 atom stereocenters. The molecule has 1 heteroatoms. The molecule has 1 nitrogen and oxygen atoms in total. The minimum Gasteiger partial charge on any atom is -0.361 e. The second-order valence-corrected chi connectivity index (χ2v) is 4.47. The zero-order valence-electron chi connectivity index (χ0n) is 9.47. The van der Waals surface area contributed by atoms with Crippen molar-refractivity contribution in [3.05, 3.63) is 30.1 Å². The molecule has 0 unspecified atom stereocenters. The monoisotopic (exact) mass is 203 g/mol. The van der Waals surface area contributed by atoms with E-state index in [1.807, 2.05) is 6.20 Å². The average molecular weight is 203 g/mol. The van der Waals surface area contributed by atoms with Crippen LogP contribution in [0, 0.1) is 0 Å². The van der Waals surface area contributed by atoms with Gasteiger partial charge in [-0.1, -0.05) is 31.8 Å². The number of aromatic nitrogens is 1. The Bertz CT molecular complexity index is 295. The van der Waals surface area contributed by atoms with Gasteiger partial charge in [-0.15, -0.1) is 0 Å². The Kier molecular flexibility index (Phi) is 4.07. The normalized spacial score (nSPS) is 23.1. The Balaban J connectivity index is 2.02. The molecule has 82 valence electrons. The van der Waals surface area contributed by atoms with E-state index in [-0.39, 0.29) is 0 Å². The molecule has 15 heavy (non-hydrogen) atoms. The molecule has 1 aliphatic carbocycles. The Morgan fingerprint density at radius 2 is 1.73 bits per heavy atom. The van der Waals surface area contributed by atoms with Crippen LogP contribution in [0.3, 0.4) is 0 Å². The highest BCUT2D eigenvalue weighted by atomic mass is 14.7. The average Bonchev–Trinajstić information content (AvgIpc) is 2.79. The quantitative estimate of drug-likeness (QED) is 0.690. The number of H-pyrrole nitrogens is 1. The molecule has 0 saturated carbocycles. The van der Waals surface area contributed by atoms with E-state index in [1.54, 1.807) is 0 Å². The molecule has 0 spiro atoms. The Morgan fingerprint density at radius 1 is 0.933 bits per heavy atom. The van der Waals surface area contributed by atoms with Crippen molar-refractivity contribution < 1.29 is 0 Å². The van der Waals surface area contributed by atoms with Crippen molar-refractivity contribution in [1.82, 2.24) is 4.98 Å². The summed E-state index contributed by atoms with van der Waals surface area (Å²) < 4.78 is 0. The number of allylic oxidation sites excluding steroid dienone is 2. The van der Waals surface area contributed by atoms with Crippen LogP contribution in [0.1, 0.15) is 57.1 Å². The first-order chi connectivity index (χ1) is 7.47. The minimum atomic E-state index is 1.25. The van der Waals surface area contributed by atoms with Crippen LogP contribution in [0.2, 0.25) is 0 Å². The molecule has 0 bridgehead atoms. The first kappa shape index (κ1) is 10.5. The standard InChI is InChI=1S/C14H21N/c1-2-4-6-9-13(10-7-5-3-1)14-11-8-12-15-14/h8-9,11-12,15H,1-7,10H2/b13-9+. The van der Waals surface area contributed by atoms with E-state index in [2.05, 4.69) is 23.2 Å². The summed E-state index contributed by atoms with van der Waals surface area (Å²) in [4.78, 5) is 3.32. The third-order valence-corrected chi connectivity index (χ3v) is 3.23. The number of hydrogen-bond donors (Lipinski definition) is 1. The van der Waals surface area contributed by atoms with Gasteiger partial charge in [0.15, 0.2) is 0 Å². The molecule has 1 aliphatic rings. The van der Waals surface area contributed by atoms with E-state index in [0.29, 0.717) is 0 Å². The minimum absolute atomic E-state index is 1.25. The Labute approximate surface area is 92.6 Å². The molecule has 0 aromatic carbocycles. The van der Waals surface area contributed by atoms with Gasteiger partial charge in [0.1, 0.15) is 0 Å². The molecule has 1 N–H and O–H groups in total. The van der Waals surface area contributed by atoms with Gasteiger partial charge in [-0.25, -0.2) is 0 Å². The highest BCUT2D eigenvalue weighted by molar-refractivity contribution is 5.62. The van der Waals surface area contributed by atoms with Crippen LogP contribution in [-0.4, -0.2) is 4.98 Å². The molecule has 1 aromatic heterocycles. The fourth-order valence-corrected chi connectivity index (χ4v) is 2.32. The molecule has 0 amide bonds. The van der Waals surface area contributed by atoms with Gasteiger partial charge in [-0.3, -0.25) is 0 Å². The van der Waals surface area contributed by atoms with Crippen molar-refractivity contribution in [1.29, 1.82) is 0 Å². The molecular weight excluding hydrogens is 182 g/mol.